The van der Waals surface area contributed by atoms with E-state index in [9.17, 15) is 14.4 Å². The molecule has 3 aromatic carbocycles. The zero-order valence-electron chi connectivity index (χ0n) is 19.0. The average molecular weight is 495 g/mol. The minimum absolute atomic E-state index is 0.0915. The number of carbonyl (C=O) groups excluding carboxylic acids is 3. The van der Waals surface area contributed by atoms with Crippen molar-refractivity contribution in [1.82, 2.24) is 0 Å². The molecule has 180 valence electrons. The Kier molecular flexibility index (Phi) is 9.03. The number of esters is 3. The van der Waals surface area contributed by atoms with Crippen molar-refractivity contribution in [2.24, 2.45) is 0 Å². The van der Waals surface area contributed by atoms with Gasteiger partial charge < -0.3 is 18.9 Å². The van der Waals surface area contributed by atoms with E-state index in [1.165, 1.54) is 18.2 Å². The van der Waals surface area contributed by atoms with Gasteiger partial charge in [0.05, 0.1) is 29.4 Å². The fourth-order valence-electron chi connectivity index (χ4n) is 2.81. The molecule has 0 aliphatic heterocycles. The molecule has 0 atom stereocenters. The van der Waals surface area contributed by atoms with Crippen molar-refractivity contribution in [3.05, 3.63) is 101 Å². The molecule has 3 rings (SSSR count). The van der Waals surface area contributed by atoms with Gasteiger partial charge >= 0.3 is 17.9 Å². The van der Waals surface area contributed by atoms with Crippen LogP contribution in [0.1, 0.15) is 32.7 Å². The van der Waals surface area contributed by atoms with Crippen molar-refractivity contribution in [3.63, 3.8) is 0 Å². The molecule has 0 saturated carbocycles. The molecule has 0 radical (unpaired) electrons. The minimum atomic E-state index is -0.621. The molecular weight excluding hydrogens is 472 g/mol. The highest BCUT2D eigenvalue weighted by molar-refractivity contribution is 6.32. The summed E-state index contributed by atoms with van der Waals surface area (Å²) in [4.78, 5) is 35.8. The maximum absolute atomic E-state index is 12.5. The highest BCUT2D eigenvalue weighted by atomic mass is 35.5. The summed E-state index contributed by atoms with van der Waals surface area (Å²) < 4.78 is 21.1. The number of halogens is 1. The number of hydrogen-bond acceptors (Lipinski definition) is 7. The Morgan fingerprint density at radius 1 is 0.829 bits per heavy atom. The molecule has 35 heavy (non-hydrogen) atoms. The molecule has 0 bridgehead atoms. The lowest BCUT2D eigenvalue weighted by atomic mass is 10.2. The molecule has 0 spiro atoms. The molecular formula is C27H23ClO7. The zero-order chi connectivity index (χ0) is 25.2. The summed E-state index contributed by atoms with van der Waals surface area (Å²) in [6, 6.07) is 17.7. The van der Waals surface area contributed by atoms with E-state index in [0.29, 0.717) is 24.5 Å². The molecule has 3 aromatic rings. The Hall–Kier alpha value is -4.10. The van der Waals surface area contributed by atoms with Gasteiger partial charge in [-0.05, 0) is 61.5 Å². The van der Waals surface area contributed by atoms with Gasteiger partial charge in [-0.2, -0.15) is 0 Å². The van der Waals surface area contributed by atoms with Crippen LogP contribution in [0.15, 0.2) is 79.4 Å². The summed E-state index contributed by atoms with van der Waals surface area (Å²) >= 11 is 6.22. The number of rotatable bonds is 10. The van der Waals surface area contributed by atoms with Crippen molar-refractivity contribution in [3.8, 4) is 17.2 Å². The Morgan fingerprint density at radius 3 is 2.11 bits per heavy atom. The van der Waals surface area contributed by atoms with Gasteiger partial charge in [-0.15, -0.1) is 0 Å². The van der Waals surface area contributed by atoms with Crippen molar-refractivity contribution < 1.29 is 33.3 Å². The van der Waals surface area contributed by atoms with Crippen LogP contribution in [-0.4, -0.2) is 31.1 Å². The van der Waals surface area contributed by atoms with Gasteiger partial charge in [-0.1, -0.05) is 35.9 Å². The highest BCUT2D eigenvalue weighted by Gasteiger charge is 2.15. The first-order valence-electron chi connectivity index (χ1n) is 10.7. The summed E-state index contributed by atoms with van der Waals surface area (Å²) in [6.07, 6.45) is 1.61. The summed E-state index contributed by atoms with van der Waals surface area (Å²) in [5.74, 6) is -0.613. The summed E-state index contributed by atoms with van der Waals surface area (Å²) in [6.45, 7) is 5.81. The van der Waals surface area contributed by atoms with E-state index in [0.717, 1.165) is 11.6 Å². The number of carbonyl (C=O) groups is 3. The fourth-order valence-corrected chi connectivity index (χ4v) is 3.03. The van der Waals surface area contributed by atoms with E-state index in [-0.39, 0.29) is 28.5 Å². The van der Waals surface area contributed by atoms with E-state index in [1.54, 1.807) is 36.4 Å². The van der Waals surface area contributed by atoms with Gasteiger partial charge in [0.15, 0.2) is 0 Å². The molecule has 0 unspecified atom stereocenters. The number of aryl methyl sites for hydroxylation is 1. The second kappa shape index (κ2) is 12.4. The van der Waals surface area contributed by atoms with E-state index in [4.69, 9.17) is 30.5 Å². The Bertz CT molecular complexity index is 1200. The zero-order valence-corrected chi connectivity index (χ0v) is 19.7. The maximum atomic E-state index is 12.5. The average Bonchev–Trinajstić information content (AvgIpc) is 2.86. The van der Waals surface area contributed by atoms with Crippen LogP contribution in [-0.2, 0) is 9.53 Å². The topological polar surface area (TPSA) is 88.1 Å². The first-order chi connectivity index (χ1) is 16.9. The molecule has 0 aliphatic rings. The van der Waals surface area contributed by atoms with Crippen LogP contribution in [0.25, 0.3) is 0 Å². The quantitative estimate of drug-likeness (QED) is 0.157. The van der Waals surface area contributed by atoms with Crippen LogP contribution >= 0.6 is 11.6 Å². The van der Waals surface area contributed by atoms with Gasteiger partial charge in [0.25, 0.3) is 0 Å². The van der Waals surface area contributed by atoms with Gasteiger partial charge in [0.2, 0.25) is 0 Å². The maximum Gasteiger partial charge on any atom is 0.343 e. The molecule has 0 saturated heterocycles. The lowest BCUT2D eigenvalue weighted by Gasteiger charge is -2.10. The van der Waals surface area contributed by atoms with E-state index in [1.807, 2.05) is 19.1 Å². The van der Waals surface area contributed by atoms with E-state index in [2.05, 4.69) is 6.58 Å². The smallest absolute Gasteiger partial charge is 0.343 e. The van der Waals surface area contributed by atoms with Gasteiger partial charge in [-0.25, -0.2) is 14.4 Å². The number of hydrogen-bond donors (Lipinski definition) is 0. The predicted octanol–water partition coefficient (Wildman–Crippen LogP) is 5.58. The van der Waals surface area contributed by atoms with Gasteiger partial charge in [0, 0.05) is 12.5 Å². The van der Waals surface area contributed by atoms with Crippen LogP contribution in [0.4, 0.5) is 0 Å². The van der Waals surface area contributed by atoms with Crippen molar-refractivity contribution in [2.45, 2.75) is 13.3 Å². The lowest BCUT2D eigenvalue weighted by Crippen LogP contribution is -2.11. The van der Waals surface area contributed by atoms with E-state index >= 15 is 0 Å². The molecule has 8 heteroatoms. The first kappa shape index (κ1) is 25.5. The highest BCUT2D eigenvalue weighted by Crippen LogP contribution is 2.27. The van der Waals surface area contributed by atoms with Crippen molar-refractivity contribution in [2.75, 3.05) is 13.2 Å². The third kappa shape index (κ3) is 7.72. The SMILES string of the molecule is C=CC(=O)OCCCOc1ccc(C(=O)Oc2ccc(C(=O)Oc3ccc(C)cc3)cc2Cl)cc1. The Morgan fingerprint density at radius 2 is 1.46 bits per heavy atom. The lowest BCUT2D eigenvalue weighted by molar-refractivity contribution is -0.137. The Balaban J connectivity index is 1.52. The molecule has 0 amide bonds. The van der Waals surface area contributed by atoms with Crippen LogP contribution in [0.5, 0.6) is 17.2 Å². The number of ether oxygens (including phenoxy) is 4. The molecule has 0 aliphatic carbocycles. The van der Waals surface area contributed by atoms with Crippen LogP contribution in [0.3, 0.4) is 0 Å². The van der Waals surface area contributed by atoms with E-state index < -0.39 is 17.9 Å². The van der Waals surface area contributed by atoms with Crippen LogP contribution in [0.2, 0.25) is 5.02 Å². The van der Waals surface area contributed by atoms with Crippen LogP contribution in [0, 0.1) is 6.92 Å². The van der Waals surface area contributed by atoms with Gasteiger partial charge in [0.1, 0.15) is 17.2 Å². The van der Waals surface area contributed by atoms with Gasteiger partial charge in [-0.3, -0.25) is 0 Å². The second-order valence-electron chi connectivity index (χ2n) is 7.34. The first-order valence-corrected chi connectivity index (χ1v) is 11.1. The molecule has 7 nitrogen and oxygen atoms in total. The summed E-state index contributed by atoms with van der Waals surface area (Å²) in [7, 11) is 0. The second-order valence-corrected chi connectivity index (χ2v) is 7.74. The monoisotopic (exact) mass is 494 g/mol. The fraction of sp³-hybridized carbons (Fsp3) is 0.148. The summed E-state index contributed by atoms with van der Waals surface area (Å²) in [5, 5.41) is 0.0915. The third-order valence-electron chi connectivity index (χ3n) is 4.66. The molecule has 0 heterocycles. The predicted molar refractivity (Wildman–Crippen MR) is 130 cm³/mol. The molecule has 0 fully saturated rings. The van der Waals surface area contributed by atoms with Crippen molar-refractivity contribution >= 4 is 29.5 Å². The van der Waals surface area contributed by atoms with Crippen LogP contribution < -0.4 is 14.2 Å². The minimum Gasteiger partial charge on any atom is -0.493 e. The van der Waals surface area contributed by atoms with Crippen molar-refractivity contribution in [1.29, 1.82) is 0 Å². The number of benzene rings is 3. The third-order valence-corrected chi connectivity index (χ3v) is 4.96. The molecule has 0 aromatic heterocycles. The standard InChI is InChI=1S/C27H23ClO7/c1-3-25(29)33-16-4-15-32-21-12-7-19(8-13-21)26(30)35-24-14-9-20(17-23(24)28)27(31)34-22-10-5-18(2)6-11-22/h3,5-14,17H,1,4,15-16H2,2H3. The molecule has 0 N–H and O–H groups in total. The summed E-state index contributed by atoms with van der Waals surface area (Å²) in [5.41, 5.74) is 1.55. The Labute approximate surface area is 207 Å². The normalized spacial score (nSPS) is 10.2. The largest absolute Gasteiger partial charge is 0.493 e.